The molecule has 0 atom stereocenters. The number of nitrogens with one attached hydrogen (secondary N) is 2. The van der Waals surface area contributed by atoms with E-state index in [9.17, 15) is 9.59 Å². The van der Waals surface area contributed by atoms with E-state index in [1.165, 1.54) is 0 Å². The first-order valence-electron chi connectivity index (χ1n) is 7.91. The van der Waals surface area contributed by atoms with Gasteiger partial charge in [-0.25, -0.2) is 0 Å². The molecule has 0 saturated heterocycles. The van der Waals surface area contributed by atoms with Gasteiger partial charge in [0.2, 0.25) is 5.91 Å². The maximum absolute atomic E-state index is 12.1. The van der Waals surface area contributed by atoms with Crippen LogP contribution < -0.4 is 10.6 Å². The van der Waals surface area contributed by atoms with Gasteiger partial charge in [-0.15, -0.1) is 0 Å². The number of carbonyl (C=O) groups excluding carboxylic acids is 2. The zero-order valence-electron chi connectivity index (χ0n) is 13.3. The second kappa shape index (κ2) is 8.73. The van der Waals surface area contributed by atoms with Crippen LogP contribution in [0.1, 0.15) is 42.1 Å². The Balaban J connectivity index is 1.86. The lowest BCUT2D eigenvalue weighted by Crippen LogP contribution is -2.22. The van der Waals surface area contributed by atoms with Gasteiger partial charge in [0.05, 0.1) is 0 Å². The van der Waals surface area contributed by atoms with Gasteiger partial charge >= 0.3 is 0 Å². The van der Waals surface area contributed by atoms with Gasteiger partial charge in [0.25, 0.3) is 5.91 Å². The van der Waals surface area contributed by atoms with Crippen molar-refractivity contribution in [2.45, 2.75) is 32.7 Å². The fourth-order valence-corrected chi connectivity index (χ4v) is 2.15. The number of unbranched alkanes of at least 4 members (excludes halogenated alkanes) is 1. The van der Waals surface area contributed by atoms with Crippen LogP contribution in [-0.2, 0) is 11.3 Å². The molecule has 0 aliphatic heterocycles. The molecule has 0 heterocycles. The third-order valence-electron chi connectivity index (χ3n) is 3.48. The van der Waals surface area contributed by atoms with Crippen LogP contribution in [0, 0.1) is 0 Å². The fraction of sp³-hybridized carbons (Fsp3) is 0.263. The van der Waals surface area contributed by atoms with Crippen molar-refractivity contribution in [2.24, 2.45) is 0 Å². The number of amides is 2. The van der Waals surface area contributed by atoms with Gasteiger partial charge in [-0.05, 0) is 36.2 Å². The minimum absolute atomic E-state index is 0.00753. The van der Waals surface area contributed by atoms with Crippen molar-refractivity contribution in [1.29, 1.82) is 0 Å². The number of carbonyl (C=O) groups is 2. The number of hydrogen-bond donors (Lipinski definition) is 2. The van der Waals surface area contributed by atoms with Crippen LogP contribution in [0.2, 0.25) is 0 Å². The van der Waals surface area contributed by atoms with Crippen molar-refractivity contribution in [3.8, 4) is 0 Å². The van der Waals surface area contributed by atoms with Gasteiger partial charge in [-0.1, -0.05) is 43.7 Å². The third-order valence-corrected chi connectivity index (χ3v) is 3.48. The van der Waals surface area contributed by atoms with Gasteiger partial charge < -0.3 is 10.6 Å². The van der Waals surface area contributed by atoms with Crippen molar-refractivity contribution in [2.75, 3.05) is 5.32 Å². The number of anilines is 1. The summed E-state index contributed by atoms with van der Waals surface area (Å²) in [7, 11) is 0. The molecule has 0 spiro atoms. The Bertz CT molecular complexity index is 636. The first kappa shape index (κ1) is 16.7. The first-order valence-corrected chi connectivity index (χ1v) is 7.91. The zero-order valence-corrected chi connectivity index (χ0v) is 13.3. The first-order chi connectivity index (χ1) is 11.2. The molecule has 0 saturated carbocycles. The SMILES string of the molecule is CCCCC(=O)Nc1ccc(C(=O)NCc2ccccc2)cc1. The summed E-state index contributed by atoms with van der Waals surface area (Å²) in [6.07, 6.45) is 2.40. The average Bonchev–Trinajstić information content (AvgIpc) is 2.59. The Morgan fingerprint density at radius 1 is 0.957 bits per heavy atom. The summed E-state index contributed by atoms with van der Waals surface area (Å²) in [6.45, 7) is 2.55. The molecule has 0 aromatic heterocycles. The maximum Gasteiger partial charge on any atom is 0.251 e. The largest absolute Gasteiger partial charge is 0.348 e. The minimum atomic E-state index is -0.127. The number of benzene rings is 2. The Labute approximate surface area is 136 Å². The molecule has 23 heavy (non-hydrogen) atoms. The second-order valence-corrected chi connectivity index (χ2v) is 5.40. The highest BCUT2D eigenvalue weighted by Gasteiger charge is 2.06. The van der Waals surface area contributed by atoms with Crippen molar-refractivity contribution >= 4 is 17.5 Å². The van der Waals surface area contributed by atoms with Crippen LogP contribution in [-0.4, -0.2) is 11.8 Å². The van der Waals surface area contributed by atoms with Gasteiger partial charge in [0.15, 0.2) is 0 Å². The standard InChI is InChI=1S/C19H22N2O2/c1-2-3-9-18(22)21-17-12-10-16(11-13-17)19(23)20-14-15-7-5-4-6-8-15/h4-8,10-13H,2-3,9,14H2,1H3,(H,20,23)(H,21,22). The molecule has 0 aliphatic carbocycles. The van der Waals surface area contributed by atoms with Crippen molar-refractivity contribution in [1.82, 2.24) is 5.32 Å². The van der Waals surface area contributed by atoms with E-state index in [1.54, 1.807) is 24.3 Å². The lowest BCUT2D eigenvalue weighted by Gasteiger charge is -2.07. The molecular weight excluding hydrogens is 288 g/mol. The Kier molecular flexibility index (Phi) is 6.36. The average molecular weight is 310 g/mol. The van der Waals surface area contributed by atoms with Crippen molar-refractivity contribution < 1.29 is 9.59 Å². The Hall–Kier alpha value is -2.62. The smallest absolute Gasteiger partial charge is 0.251 e. The molecule has 0 bridgehead atoms. The monoisotopic (exact) mass is 310 g/mol. The fourth-order valence-electron chi connectivity index (χ4n) is 2.15. The lowest BCUT2D eigenvalue weighted by molar-refractivity contribution is -0.116. The maximum atomic E-state index is 12.1. The quantitative estimate of drug-likeness (QED) is 0.818. The highest BCUT2D eigenvalue weighted by Crippen LogP contribution is 2.11. The van der Waals surface area contributed by atoms with Crippen LogP contribution in [0.3, 0.4) is 0 Å². The second-order valence-electron chi connectivity index (χ2n) is 5.40. The van der Waals surface area contributed by atoms with E-state index in [1.807, 2.05) is 30.3 Å². The molecule has 2 rings (SSSR count). The molecule has 0 aliphatic rings. The highest BCUT2D eigenvalue weighted by atomic mass is 16.2. The van der Waals surface area contributed by atoms with Crippen LogP contribution in [0.4, 0.5) is 5.69 Å². The molecule has 0 radical (unpaired) electrons. The van der Waals surface area contributed by atoms with E-state index in [2.05, 4.69) is 17.6 Å². The van der Waals surface area contributed by atoms with Crippen molar-refractivity contribution in [3.63, 3.8) is 0 Å². The summed E-state index contributed by atoms with van der Waals surface area (Å²) >= 11 is 0. The predicted octanol–water partition coefficient (Wildman–Crippen LogP) is 3.75. The molecule has 0 fully saturated rings. The van der Waals surface area contributed by atoms with E-state index < -0.39 is 0 Å². The zero-order chi connectivity index (χ0) is 16.5. The van der Waals surface area contributed by atoms with Gasteiger partial charge in [-0.3, -0.25) is 9.59 Å². The summed E-state index contributed by atoms with van der Waals surface area (Å²) < 4.78 is 0. The number of rotatable bonds is 7. The highest BCUT2D eigenvalue weighted by molar-refractivity contribution is 5.95. The molecule has 0 unspecified atom stereocenters. The summed E-state index contributed by atoms with van der Waals surface area (Å²) in [5.41, 5.74) is 2.35. The third kappa shape index (κ3) is 5.58. The van der Waals surface area contributed by atoms with E-state index >= 15 is 0 Å². The normalized spacial score (nSPS) is 10.1. The minimum Gasteiger partial charge on any atom is -0.348 e. The van der Waals surface area contributed by atoms with E-state index in [4.69, 9.17) is 0 Å². The Morgan fingerprint density at radius 2 is 1.65 bits per heavy atom. The summed E-state index contributed by atoms with van der Waals surface area (Å²) in [4.78, 5) is 23.8. The van der Waals surface area contributed by atoms with E-state index in [0.717, 1.165) is 18.4 Å². The molecular formula is C19H22N2O2. The molecule has 2 N–H and O–H groups in total. The summed E-state index contributed by atoms with van der Waals surface area (Å²) in [5.74, 6) is -0.120. The van der Waals surface area contributed by atoms with Crippen LogP contribution in [0.5, 0.6) is 0 Å². The Morgan fingerprint density at radius 3 is 2.30 bits per heavy atom. The van der Waals surface area contributed by atoms with Crippen LogP contribution in [0.15, 0.2) is 54.6 Å². The van der Waals surface area contributed by atoms with E-state index in [-0.39, 0.29) is 11.8 Å². The van der Waals surface area contributed by atoms with Gasteiger partial charge in [-0.2, -0.15) is 0 Å². The van der Waals surface area contributed by atoms with Gasteiger partial charge in [0, 0.05) is 24.2 Å². The van der Waals surface area contributed by atoms with E-state index in [0.29, 0.717) is 24.2 Å². The molecule has 4 heteroatoms. The molecule has 2 amide bonds. The topological polar surface area (TPSA) is 58.2 Å². The molecule has 4 nitrogen and oxygen atoms in total. The summed E-state index contributed by atoms with van der Waals surface area (Å²) in [6, 6.07) is 16.7. The molecule has 2 aromatic rings. The molecule has 2 aromatic carbocycles. The summed E-state index contributed by atoms with van der Waals surface area (Å²) in [5, 5.41) is 5.71. The predicted molar refractivity (Wildman–Crippen MR) is 92.2 cm³/mol. The van der Waals surface area contributed by atoms with Crippen LogP contribution in [0.25, 0.3) is 0 Å². The molecule has 120 valence electrons. The lowest BCUT2D eigenvalue weighted by atomic mass is 10.1. The van der Waals surface area contributed by atoms with Gasteiger partial charge in [0.1, 0.15) is 0 Å². The number of hydrogen-bond acceptors (Lipinski definition) is 2. The van der Waals surface area contributed by atoms with Crippen LogP contribution >= 0.6 is 0 Å². The van der Waals surface area contributed by atoms with Crippen molar-refractivity contribution in [3.05, 3.63) is 65.7 Å².